The van der Waals surface area contributed by atoms with E-state index < -0.39 is 0 Å². The molecule has 2 aromatic carbocycles. The molecule has 112 valence electrons. The first-order valence-corrected chi connectivity index (χ1v) is 8.10. The highest BCUT2D eigenvalue weighted by Crippen LogP contribution is 2.22. The van der Waals surface area contributed by atoms with Crippen molar-refractivity contribution < 1.29 is 0 Å². The maximum atomic E-state index is 3.66. The Kier molecular flexibility index (Phi) is 6.01. The lowest BCUT2D eigenvalue weighted by molar-refractivity contribution is 0.458. The van der Waals surface area contributed by atoms with Crippen molar-refractivity contribution in [2.75, 3.05) is 6.54 Å². The molecule has 1 nitrogen and oxygen atoms in total. The third kappa shape index (κ3) is 4.44. The van der Waals surface area contributed by atoms with Crippen molar-refractivity contribution >= 4 is 0 Å². The van der Waals surface area contributed by atoms with E-state index in [4.69, 9.17) is 0 Å². The van der Waals surface area contributed by atoms with Gasteiger partial charge < -0.3 is 5.32 Å². The van der Waals surface area contributed by atoms with Gasteiger partial charge in [-0.05, 0) is 42.0 Å². The number of benzene rings is 2. The van der Waals surface area contributed by atoms with Crippen molar-refractivity contribution in [2.45, 2.75) is 45.6 Å². The van der Waals surface area contributed by atoms with Gasteiger partial charge in [-0.2, -0.15) is 0 Å². The van der Waals surface area contributed by atoms with Crippen molar-refractivity contribution in [3.8, 4) is 0 Å². The number of rotatable bonds is 7. The fourth-order valence-corrected chi connectivity index (χ4v) is 2.84. The normalized spacial score (nSPS) is 13.9. The first-order valence-electron chi connectivity index (χ1n) is 8.10. The minimum Gasteiger partial charge on any atom is -0.313 e. The smallest absolute Gasteiger partial charge is 0.0173 e. The zero-order chi connectivity index (χ0) is 15.1. The quantitative estimate of drug-likeness (QED) is 0.783. The Morgan fingerprint density at radius 1 is 0.857 bits per heavy atom. The van der Waals surface area contributed by atoms with E-state index in [0.29, 0.717) is 12.0 Å². The summed E-state index contributed by atoms with van der Waals surface area (Å²) in [5.41, 5.74) is 4.24. The zero-order valence-corrected chi connectivity index (χ0v) is 13.5. The van der Waals surface area contributed by atoms with Crippen LogP contribution in [-0.2, 0) is 12.8 Å². The third-order valence-corrected chi connectivity index (χ3v) is 4.28. The molecule has 0 spiro atoms. The van der Waals surface area contributed by atoms with Gasteiger partial charge in [0, 0.05) is 6.04 Å². The monoisotopic (exact) mass is 281 g/mol. The van der Waals surface area contributed by atoms with E-state index in [-0.39, 0.29) is 0 Å². The molecule has 1 heteroatoms. The van der Waals surface area contributed by atoms with Crippen LogP contribution in [0.1, 0.15) is 43.4 Å². The fraction of sp³-hybridized carbons (Fsp3) is 0.400. The molecular formula is C20H27N. The predicted octanol–water partition coefficient (Wildman–Crippen LogP) is 4.57. The van der Waals surface area contributed by atoms with E-state index >= 15 is 0 Å². The maximum Gasteiger partial charge on any atom is 0.0173 e. The standard InChI is InChI=1S/C20H27N/c1-4-17-11-13-18(14-12-17)15-20(21-5-2)16(3)19-9-7-6-8-10-19/h6-14,16,20-21H,4-5,15H2,1-3H3. The third-order valence-electron chi connectivity index (χ3n) is 4.28. The average Bonchev–Trinajstić information content (AvgIpc) is 2.55. The Balaban J connectivity index is 2.10. The van der Waals surface area contributed by atoms with Gasteiger partial charge in [-0.25, -0.2) is 0 Å². The van der Waals surface area contributed by atoms with Crippen LogP contribution >= 0.6 is 0 Å². The van der Waals surface area contributed by atoms with Gasteiger partial charge >= 0.3 is 0 Å². The maximum absolute atomic E-state index is 3.66. The van der Waals surface area contributed by atoms with Crippen LogP contribution < -0.4 is 5.32 Å². The van der Waals surface area contributed by atoms with Crippen LogP contribution in [0.4, 0.5) is 0 Å². The molecule has 2 rings (SSSR count). The Morgan fingerprint density at radius 3 is 2.05 bits per heavy atom. The molecule has 0 aliphatic carbocycles. The molecule has 2 aromatic rings. The van der Waals surface area contributed by atoms with E-state index in [9.17, 15) is 0 Å². The van der Waals surface area contributed by atoms with E-state index in [1.54, 1.807) is 0 Å². The Bertz CT molecular complexity index is 515. The molecule has 0 bridgehead atoms. The van der Waals surface area contributed by atoms with Gasteiger partial charge in [0.2, 0.25) is 0 Å². The summed E-state index contributed by atoms with van der Waals surface area (Å²) in [5.74, 6) is 0.511. The van der Waals surface area contributed by atoms with Gasteiger partial charge in [0.05, 0.1) is 0 Å². The molecule has 0 saturated carbocycles. The number of hydrogen-bond acceptors (Lipinski definition) is 1. The van der Waals surface area contributed by atoms with Gasteiger partial charge in [-0.15, -0.1) is 0 Å². The molecule has 2 atom stereocenters. The van der Waals surface area contributed by atoms with Gasteiger partial charge in [-0.1, -0.05) is 75.4 Å². The van der Waals surface area contributed by atoms with Gasteiger partial charge in [0.1, 0.15) is 0 Å². The SMILES string of the molecule is CCNC(Cc1ccc(CC)cc1)C(C)c1ccccc1. The van der Waals surface area contributed by atoms with Crippen LogP contribution in [0.3, 0.4) is 0 Å². The lowest BCUT2D eigenvalue weighted by Gasteiger charge is -2.25. The largest absolute Gasteiger partial charge is 0.313 e. The molecule has 2 unspecified atom stereocenters. The van der Waals surface area contributed by atoms with Crippen molar-refractivity contribution in [3.63, 3.8) is 0 Å². The summed E-state index contributed by atoms with van der Waals surface area (Å²) in [6, 6.07) is 20.4. The summed E-state index contributed by atoms with van der Waals surface area (Å²) in [6.07, 6.45) is 2.19. The molecule has 1 N–H and O–H groups in total. The van der Waals surface area contributed by atoms with E-state index in [0.717, 1.165) is 19.4 Å². The summed E-state index contributed by atoms with van der Waals surface area (Å²) in [5, 5.41) is 3.66. The molecule has 0 aliphatic rings. The van der Waals surface area contributed by atoms with Gasteiger partial charge in [0.25, 0.3) is 0 Å². The molecule has 0 heterocycles. The summed E-state index contributed by atoms with van der Waals surface area (Å²) in [7, 11) is 0. The minimum atomic E-state index is 0.477. The second kappa shape index (κ2) is 7.99. The Labute approximate surface area is 129 Å². The second-order valence-corrected chi connectivity index (χ2v) is 5.74. The van der Waals surface area contributed by atoms with Crippen molar-refractivity contribution in [1.82, 2.24) is 5.32 Å². The first-order chi connectivity index (χ1) is 10.2. The first kappa shape index (κ1) is 15.8. The van der Waals surface area contributed by atoms with E-state index in [2.05, 4.69) is 80.7 Å². The molecule has 0 fully saturated rings. The van der Waals surface area contributed by atoms with E-state index in [1.807, 2.05) is 0 Å². The highest BCUT2D eigenvalue weighted by atomic mass is 14.9. The fourth-order valence-electron chi connectivity index (χ4n) is 2.84. The highest BCUT2D eigenvalue weighted by molar-refractivity contribution is 5.26. The molecular weight excluding hydrogens is 254 g/mol. The molecule has 0 aliphatic heterocycles. The highest BCUT2D eigenvalue weighted by Gasteiger charge is 2.18. The number of likely N-dealkylation sites (N-methyl/N-ethyl adjacent to an activating group) is 1. The van der Waals surface area contributed by atoms with Crippen LogP contribution in [0.2, 0.25) is 0 Å². The average molecular weight is 281 g/mol. The van der Waals surface area contributed by atoms with Crippen molar-refractivity contribution in [1.29, 1.82) is 0 Å². The van der Waals surface area contributed by atoms with Crippen LogP contribution in [0.15, 0.2) is 54.6 Å². The summed E-state index contributed by atoms with van der Waals surface area (Å²) in [4.78, 5) is 0. The van der Waals surface area contributed by atoms with Crippen LogP contribution in [0.25, 0.3) is 0 Å². The molecule has 0 saturated heterocycles. The molecule has 0 aromatic heterocycles. The molecule has 0 amide bonds. The lowest BCUT2D eigenvalue weighted by Crippen LogP contribution is -2.35. The van der Waals surface area contributed by atoms with Crippen molar-refractivity contribution in [2.24, 2.45) is 0 Å². The van der Waals surface area contributed by atoms with Crippen LogP contribution in [-0.4, -0.2) is 12.6 Å². The van der Waals surface area contributed by atoms with Crippen LogP contribution in [0, 0.1) is 0 Å². The Hall–Kier alpha value is -1.60. The summed E-state index contributed by atoms with van der Waals surface area (Å²) >= 11 is 0. The minimum absolute atomic E-state index is 0.477. The predicted molar refractivity (Wildman–Crippen MR) is 91.8 cm³/mol. The zero-order valence-electron chi connectivity index (χ0n) is 13.5. The molecule has 0 radical (unpaired) electrons. The second-order valence-electron chi connectivity index (χ2n) is 5.74. The lowest BCUT2D eigenvalue weighted by atomic mass is 9.89. The Morgan fingerprint density at radius 2 is 1.48 bits per heavy atom. The van der Waals surface area contributed by atoms with Crippen LogP contribution in [0.5, 0.6) is 0 Å². The van der Waals surface area contributed by atoms with E-state index in [1.165, 1.54) is 16.7 Å². The topological polar surface area (TPSA) is 12.0 Å². The number of aryl methyl sites for hydroxylation is 1. The number of hydrogen-bond donors (Lipinski definition) is 1. The summed E-state index contributed by atoms with van der Waals surface area (Å²) in [6.45, 7) is 7.72. The van der Waals surface area contributed by atoms with Gasteiger partial charge in [-0.3, -0.25) is 0 Å². The van der Waals surface area contributed by atoms with Gasteiger partial charge in [0.15, 0.2) is 0 Å². The molecule has 21 heavy (non-hydrogen) atoms. The number of nitrogens with one attached hydrogen (secondary N) is 1. The summed E-state index contributed by atoms with van der Waals surface area (Å²) < 4.78 is 0. The van der Waals surface area contributed by atoms with Crippen molar-refractivity contribution in [3.05, 3.63) is 71.3 Å².